The van der Waals surface area contributed by atoms with Crippen LogP contribution in [0.15, 0.2) is 74.7 Å². The summed E-state index contributed by atoms with van der Waals surface area (Å²) in [5.41, 5.74) is 1.15. The highest BCUT2D eigenvalue weighted by Gasteiger charge is 2.16. The van der Waals surface area contributed by atoms with Crippen LogP contribution in [0.5, 0.6) is 5.75 Å². The zero-order valence-corrected chi connectivity index (χ0v) is 17.2. The number of aromatic nitrogens is 1. The van der Waals surface area contributed by atoms with E-state index in [4.69, 9.17) is 25.8 Å². The van der Waals surface area contributed by atoms with Crippen LogP contribution in [0.1, 0.15) is 17.1 Å². The van der Waals surface area contributed by atoms with Crippen LogP contribution in [0.2, 0.25) is 0 Å². The highest BCUT2D eigenvalue weighted by Crippen LogP contribution is 2.19. The lowest BCUT2D eigenvalue weighted by molar-refractivity contribution is 0.348. The van der Waals surface area contributed by atoms with E-state index in [0.717, 1.165) is 22.4 Å². The third kappa shape index (κ3) is 4.55. The second kappa shape index (κ2) is 8.87. The predicted octanol–water partition coefficient (Wildman–Crippen LogP) is 3.80. The Morgan fingerprint density at radius 2 is 1.87 bits per heavy atom. The Labute approximate surface area is 178 Å². The number of benzene rings is 1. The minimum absolute atomic E-state index is 0.172. The average Bonchev–Trinajstić information content (AvgIpc) is 3.45. The van der Waals surface area contributed by atoms with Crippen molar-refractivity contribution < 1.29 is 13.6 Å². The minimum Gasteiger partial charge on any atom is -0.497 e. The van der Waals surface area contributed by atoms with Crippen LogP contribution in [0.25, 0.3) is 10.9 Å². The molecule has 0 aliphatic heterocycles. The predicted molar refractivity (Wildman–Crippen MR) is 117 cm³/mol. The number of hydrogen-bond acceptors (Lipinski definition) is 5. The summed E-state index contributed by atoms with van der Waals surface area (Å²) in [4.78, 5) is 17.5. The van der Waals surface area contributed by atoms with Crippen molar-refractivity contribution >= 4 is 28.2 Å². The van der Waals surface area contributed by atoms with Crippen molar-refractivity contribution in [2.45, 2.75) is 19.6 Å². The van der Waals surface area contributed by atoms with Gasteiger partial charge in [-0.2, -0.15) is 0 Å². The van der Waals surface area contributed by atoms with Crippen molar-refractivity contribution in [3.8, 4) is 5.75 Å². The van der Waals surface area contributed by atoms with Crippen molar-refractivity contribution in [1.82, 2.24) is 15.2 Å². The molecule has 0 atom stereocenters. The molecule has 1 aromatic carbocycles. The van der Waals surface area contributed by atoms with Gasteiger partial charge in [0.1, 0.15) is 17.3 Å². The maximum atomic E-state index is 12.7. The summed E-state index contributed by atoms with van der Waals surface area (Å²) in [6, 6.07) is 14.8. The van der Waals surface area contributed by atoms with Gasteiger partial charge < -0.3 is 28.8 Å². The highest BCUT2D eigenvalue weighted by molar-refractivity contribution is 7.80. The lowest BCUT2D eigenvalue weighted by atomic mass is 10.1. The molecule has 3 aromatic heterocycles. The van der Waals surface area contributed by atoms with Gasteiger partial charge in [0.15, 0.2) is 5.11 Å². The molecule has 0 unspecified atom stereocenters. The first-order valence-electron chi connectivity index (χ1n) is 9.40. The van der Waals surface area contributed by atoms with Crippen molar-refractivity contribution in [3.63, 3.8) is 0 Å². The van der Waals surface area contributed by atoms with Gasteiger partial charge in [-0.1, -0.05) is 0 Å². The molecule has 0 radical (unpaired) electrons. The van der Waals surface area contributed by atoms with Gasteiger partial charge in [0.25, 0.3) is 5.56 Å². The Kier molecular flexibility index (Phi) is 5.85. The van der Waals surface area contributed by atoms with Gasteiger partial charge in [-0.3, -0.25) is 4.79 Å². The topological polar surface area (TPSA) is 83.6 Å². The number of pyridine rings is 1. The van der Waals surface area contributed by atoms with Gasteiger partial charge in [-0.25, -0.2) is 0 Å². The number of methoxy groups -OCH3 is 1. The van der Waals surface area contributed by atoms with Gasteiger partial charge in [0, 0.05) is 11.6 Å². The van der Waals surface area contributed by atoms with Gasteiger partial charge >= 0.3 is 0 Å². The zero-order valence-electron chi connectivity index (χ0n) is 16.4. The molecule has 3 heterocycles. The first kappa shape index (κ1) is 19.8. The number of ether oxygens (including phenoxy) is 1. The van der Waals surface area contributed by atoms with Crippen molar-refractivity contribution in [2.75, 3.05) is 7.11 Å². The Hall–Kier alpha value is -3.52. The fourth-order valence-electron chi connectivity index (χ4n) is 3.15. The summed E-state index contributed by atoms with van der Waals surface area (Å²) in [6.45, 7) is 1.20. The van der Waals surface area contributed by atoms with Crippen LogP contribution in [0.3, 0.4) is 0 Å². The highest BCUT2D eigenvalue weighted by atomic mass is 32.1. The number of nitrogens with zero attached hydrogens (tertiary/aromatic N) is 1. The average molecular weight is 423 g/mol. The van der Waals surface area contributed by atoms with E-state index in [0.29, 0.717) is 36.1 Å². The van der Waals surface area contributed by atoms with Gasteiger partial charge in [0.05, 0.1) is 44.8 Å². The van der Waals surface area contributed by atoms with E-state index >= 15 is 0 Å². The molecule has 0 aliphatic rings. The summed E-state index contributed by atoms with van der Waals surface area (Å²) >= 11 is 5.60. The van der Waals surface area contributed by atoms with E-state index in [-0.39, 0.29) is 5.56 Å². The summed E-state index contributed by atoms with van der Waals surface area (Å²) < 4.78 is 16.1. The number of hydrogen-bond donors (Lipinski definition) is 2. The van der Waals surface area contributed by atoms with Gasteiger partial charge in [-0.15, -0.1) is 0 Å². The largest absolute Gasteiger partial charge is 0.497 e. The summed E-state index contributed by atoms with van der Waals surface area (Å²) in [6.07, 6.45) is 3.23. The Morgan fingerprint density at radius 3 is 2.57 bits per heavy atom. The van der Waals surface area contributed by atoms with E-state index < -0.39 is 0 Å². The lowest BCUT2D eigenvalue weighted by Crippen LogP contribution is -2.39. The van der Waals surface area contributed by atoms with Crippen LogP contribution in [0, 0.1) is 0 Å². The van der Waals surface area contributed by atoms with Crippen LogP contribution in [0.4, 0.5) is 0 Å². The molecule has 4 aromatic rings. The molecule has 7 nitrogen and oxygen atoms in total. The number of furan rings is 2. The van der Waals surface area contributed by atoms with Gasteiger partial charge in [0.2, 0.25) is 0 Å². The smallest absolute Gasteiger partial charge is 0.253 e. The molecular weight excluding hydrogens is 402 g/mol. The molecule has 0 saturated heterocycles. The molecule has 4 rings (SSSR count). The number of aromatic amines is 1. The molecule has 0 aliphatic carbocycles. The number of rotatable bonds is 7. The molecule has 154 valence electrons. The van der Waals surface area contributed by atoms with Crippen LogP contribution >= 0.6 is 12.2 Å². The van der Waals surface area contributed by atoms with Crippen LogP contribution in [-0.4, -0.2) is 22.1 Å². The number of fused-ring (bicyclic) bond motifs is 1. The standard InChI is InChI=1S/C22H21N3O4S/c1-27-17-7-6-15-10-16(21(26)24-20(15)11-17)13-25(14-19-5-3-9-29-19)22(30)23-12-18-4-2-8-28-18/h2-11H,12-14H2,1H3,(H,23,30)(H,24,26). The molecule has 0 saturated carbocycles. The fraction of sp³-hybridized carbons (Fsp3) is 0.182. The van der Waals surface area contributed by atoms with Crippen molar-refractivity contribution in [2.24, 2.45) is 0 Å². The van der Waals surface area contributed by atoms with E-state index in [9.17, 15) is 4.79 Å². The quantitative estimate of drug-likeness (QED) is 0.438. The first-order chi connectivity index (χ1) is 14.6. The first-order valence-corrected chi connectivity index (χ1v) is 9.80. The zero-order chi connectivity index (χ0) is 20.9. The maximum Gasteiger partial charge on any atom is 0.253 e. The fourth-order valence-corrected chi connectivity index (χ4v) is 3.35. The molecule has 30 heavy (non-hydrogen) atoms. The SMILES string of the molecule is COc1ccc2cc(CN(Cc3ccco3)C(=S)NCc3ccco3)c(=O)[nH]c2c1. The van der Waals surface area contributed by atoms with Crippen molar-refractivity contribution in [3.05, 3.63) is 88.5 Å². The van der Waals surface area contributed by atoms with E-state index in [2.05, 4.69) is 10.3 Å². The summed E-state index contributed by atoms with van der Waals surface area (Å²) in [5, 5.41) is 4.59. The Bertz CT molecular complexity index is 1180. The van der Waals surface area contributed by atoms with Crippen LogP contribution in [-0.2, 0) is 19.6 Å². The Balaban J connectivity index is 1.57. The molecule has 0 amide bonds. The molecule has 0 spiro atoms. The normalized spacial score (nSPS) is 10.8. The van der Waals surface area contributed by atoms with E-state index in [1.54, 1.807) is 25.7 Å². The number of H-pyrrole nitrogens is 1. The van der Waals surface area contributed by atoms with E-state index in [1.165, 1.54) is 0 Å². The third-order valence-corrected chi connectivity index (χ3v) is 5.10. The molecule has 0 bridgehead atoms. The minimum atomic E-state index is -0.172. The lowest BCUT2D eigenvalue weighted by Gasteiger charge is -2.24. The maximum absolute atomic E-state index is 12.7. The molecule has 8 heteroatoms. The van der Waals surface area contributed by atoms with Crippen molar-refractivity contribution in [1.29, 1.82) is 0 Å². The molecule has 2 N–H and O–H groups in total. The second-order valence-electron chi connectivity index (χ2n) is 6.75. The second-order valence-corrected chi connectivity index (χ2v) is 7.14. The summed E-state index contributed by atoms with van der Waals surface area (Å²) in [5.74, 6) is 2.21. The van der Waals surface area contributed by atoms with E-state index in [1.807, 2.05) is 47.4 Å². The summed E-state index contributed by atoms with van der Waals surface area (Å²) in [7, 11) is 1.59. The monoisotopic (exact) mass is 423 g/mol. The Morgan fingerprint density at radius 1 is 1.10 bits per heavy atom. The number of nitrogens with one attached hydrogen (secondary N) is 2. The van der Waals surface area contributed by atoms with Crippen LogP contribution < -0.4 is 15.6 Å². The third-order valence-electron chi connectivity index (χ3n) is 4.70. The van der Waals surface area contributed by atoms with Gasteiger partial charge in [-0.05, 0) is 60.1 Å². The molecular formula is C22H21N3O4S. The molecule has 0 fully saturated rings. The number of thiocarbonyl (C=S) groups is 1.